The van der Waals surface area contributed by atoms with Crippen LogP contribution in [0.1, 0.15) is 27.2 Å². The normalized spacial score (nSPS) is 15.9. The predicted molar refractivity (Wildman–Crippen MR) is 131 cm³/mol. The summed E-state index contributed by atoms with van der Waals surface area (Å²) >= 11 is 0. The topological polar surface area (TPSA) is 90.0 Å². The number of rotatable bonds is 6. The van der Waals surface area contributed by atoms with Crippen LogP contribution in [0.2, 0.25) is 0 Å². The van der Waals surface area contributed by atoms with Crippen molar-refractivity contribution in [1.82, 2.24) is 20.2 Å². The number of hydrogen-bond donors (Lipinski definition) is 2. The first-order chi connectivity index (χ1) is 16.0. The Bertz CT molecular complexity index is 1280. The first-order valence-electron chi connectivity index (χ1n) is 11.2. The van der Waals surface area contributed by atoms with Gasteiger partial charge in [0.2, 0.25) is 5.95 Å². The largest absolute Gasteiger partial charge is 0.343 e. The lowest BCUT2D eigenvalue weighted by atomic mass is 10.1. The molecule has 1 aliphatic heterocycles. The van der Waals surface area contributed by atoms with Gasteiger partial charge in [-0.1, -0.05) is 32.0 Å². The van der Waals surface area contributed by atoms with Crippen LogP contribution in [0.3, 0.4) is 0 Å². The van der Waals surface area contributed by atoms with Gasteiger partial charge in [0.25, 0.3) is 5.91 Å². The van der Waals surface area contributed by atoms with Gasteiger partial charge in [0.15, 0.2) is 5.82 Å². The van der Waals surface area contributed by atoms with E-state index in [4.69, 9.17) is 4.98 Å². The number of nitrogens with one attached hydrogen (secondary N) is 2. The molecule has 2 N–H and O–H groups in total. The molecule has 0 bridgehead atoms. The highest BCUT2D eigenvalue weighted by Crippen LogP contribution is 2.39. The van der Waals surface area contributed by atoms with Crippen LogP contribution in [0, 0.1) is 5.92 Å². The lowest BCUT2D eigenvalue weighted by molar-refractivity contribution is -0.119. The van der Waals surface area contributed by atoms with E-state index in [1.807, 2.05) is 55.5 Å². The van der Waals surface area contributed by atoms with Crippen molar-refractivity contribution in [2.75, 3.05) is 21.7 Å². The number of carbonyl (C=O) groups excluding carboxylic acids is 1. The summed E-state index contributed by atoms with van der Waals surface area (Å²) in [7, 11) is 0. The standard InChI is InChI=1S/C25H27N7O/c1-16(2)11-12-31-17(3)24(33)32(20-7-5-4-6-8-20)22-15-26-25(29-23(22)31)28-19-9-10-21-18(13-19)14-27-30-21/h4-10,13-17H,11-12H2,1-3H3,(H,27,30)(H,26,28,29). The third-order valence-electron chi connectivity index (χ3n) is 5.97. The smallest absolute Gasteiger partial charge is 0.254 e. The highest BCUT2D eigenvalue weighted by molar-refractivity contribution is 6.09. The fourth-order valence-corrected chi connectivity index (χ4v) is 4.11. The summed E-state index contributed by atoms with van der Waals surface area (Å²) in [5.41, 5.74) is 3.35. The van der Waals surface area contributed by atoms with Gasteiger partial charge in [0.05, 0.1) is 17.9 Å². The molecule has 4 aromatic rings. The Morgan fingerprint density at radius 3 is 2.73 bits per heavy atom. The minimum absolute atomic E-state index is 0.0205. The minimum Gasteiger partial charge on any atom is -0.343 e. The van der Waals surface area contributed by atoms with Crippen LogP contribution in [-0.4, -0.2) is 38.7 Å². The highest BCUT2D eigenvalue weighted by Gasteiger charge is 2.37. The highest BCUT2D eigenvalue weighted by atomic mass is 16.2. The maximum Gasteiger partial charge on any atom is 0.254 e. The van der Waals surface area contributed by atoms with Gasteiger partial charge in [-0.3, -0.25) is 14.8 Å². The molecule has 0 aliphatic carbocycles. The van der Waals surface area contributed by atoms with Gasteiger partial charge in [-0.2, -0.15) is 10.1 Å². The number of nitrogens with zero attached hydrogens (tertiary/aromatic N) is 5. The number of amides is 1. The summed E-state index contributed by atoms with van der Waals surface area (Å²) in [5, 5.41) is 11.3. The molecule has 168 valence electrons. The fraction of sp³-hybridized carbons (Fsp3) is 0.280. The van der Waals surface area contributed by atoms with Crippen molar-refractivity contribution >= 4 is 45.6 Å². The summed E-state index contributed by atoms with van der Waals surface area (Å²) in [4.78, 5) is 26.7. The molecular formula is C25H27N7O. The summed E-state index contributed by atoms with van der Waals surface area (Å²) in [6.07, 6.45) is 4.49. The Balaban J connectivity index is 1.55. The number of anilines is 5. The molecule has 2 aromatic carbocycles. The molecule has 2 aromatic heterocycles. The average Bonchev–Trinajstić information content (AvgIpc) is 3.28. The zero-order valence-corrected chi connectivity index (χ0v) is 19.0. The Hall–Kier alpha value is -3.94. The molecule has 1 aliphatic rings. The number of para-hydroxylation sites is 1. The number of H-pyrrole nitrogens is 1. The summed E-state index contributed by atoms with van der Waals surface area (Å²) in [6.45, 7) is 7.07. The number of aromatic amines is 1. The molecular weight excluding hydrogens is 414 g/mol. The number of aromatic nitrogens is 4. The van der Waals surface area contributed by atoms with Gasteiger partial charge in [-0.25, -0.2) is 4.98 Å². The van der Waals surface area contributed by atoms with Gasteiger partial charge in [-0.15, -0.1) is 0 Å². The lowest BCUT2D eigenvalue weighted by Gasteiger charge is -2.40. The number of fused-ring (bicyclic) bond motifs is 2. The Kier molecular flexibility index (Phi) is 5.42. The Morgan fingerprint density at radius 1 is 1.12 bits per heavy atom. The summed E-state index contributed by atoms with van der Waals surface area (Å²) in [6, 6.07) is 15.3. The number of carbonyl (C=O) groups is 1. The first-order valence-corrected chi connectivity index (χ1v) is 11.2. The van der Waals surface area contributed by atoms with Gasteiger partial charge in [0, 0.05) is 23.3 Å². The maximum atomic E-state index is 13.4. The fourth-order valence-electron chi connectivity index (χ4n) is 4.11. The molecule has 0 fully saturated rings. The van der Waals surface area contributed by atoms with E-state index in [9.17, 15) is 4.79 Å². The zero-order chi connectivity index (χ0) is 22.9. The van der Waals surface area contributed by atoms with Crippen molar-refractivity contribution in [3.8, 4) is 0 Å². The number of hydrogen-bond acceptors (Lipinski definition) is 6. The zero-order valence-electron chi connectivity index (χ0n) is 19.0. The molecule has 0 radical (unpaired) electrons. The van der Waals surface area contributed by atoms with Crippen LogP contribution in [0.4, 0.5) is 28.8 Å². The second kappa shape index (κ2) is 8.54. The van der Waals surface area contributed by atoms with Crippen LogP contribution < -0.4 is 15.1 Å². The van der Waals surface area contributed by atoms with E-state index < -0.39 is 0 Å². The van der Waals surface area contributed by atoms with Crippen molar-refractivity contribution in [2.45, 2.75) is 33.2 Å². The Morgan fingerprint density at radius 2 is 1.94 bits per heavy atom. The van der Waals surface area contributed by atoms with Crippen molar-refractivity contribution < 1.29 is 4.79 Å². The van der Waals surface area contributed by atoms with Crippen molar-refractivity contribution in [1.29, 1.82) is 0 Å². The minimum atomic E-state index is -0.332. The second-order valence-electron chi connectivity index (χ2n) is 8.76. The van der Waals surface area contributed by atoms with E-state index in [0.29, 0.717) is 17.6 Å². The number of benzene rings is 2. The maximum absolute atomic E-state index is 13.4. The predicted octanol–water partition coefficient (Wildman–Crippen LogP) is 5.02. The molecule has 0 saturated carbocycles. The van der Waals surface area contributed by atoms with E-state index in [-0.39, 0.29) is 11.9 Å². The summed E-state index contributed by atoms with van der Waals surface area (Å²) in [5.74, 6) is 1.78. The molecule has 1 atom stereocenters. The third-order valence-corrected chi connectivity index (χ3v) is 5.97. The van der Waals surface area contributed by atoms with E-state index in [2.05, 4.69) is 39.2 Å². The van der Waals surface area contributed by atoms with Gasteiger partial charge in [-0.05, 0) is 49.6 Å². The second-order valence-corrected chi connectivity index (χ2v) is 8.76. The Labute approximate surface area is 192 Å². The van der Waals surface area contributed by atoms with Gasteiger partial charge >= 0.3 is 0 Å². The van der Waals surface area contributed by atoms with Crippen molar-refractivity contribution in [2.24, 2.45) is 5.92 Å². The molecule has 0 saturated heterocycles. The van der Waals surface area contributed by atoms with Crippen molar-refractivity contribution in [3.05, 3.63) is 60.9 Å². The lowest BCUT2D eigenvalue weighted by Crippen LogP contribution is -2.51. The van der Waals surface area contributed by atoms with Crippen LogP contribution in [0.25, 0.3) is 10.9 Å². The SMILES string of the molecule is CC(C)CCN1c2nc(Nc3ccc4[nH]ncc4c3)ncc2N(c2ccccc2)C(=O)C1C. The van der Waals surface area contributed by atoms with Crippen LogP contribution >= 0.6 is 0 Å². The van der Waals surface area contributed by atoms with Crippen molar-refractivity contribution in [3.63, 3.8) is 0 Å². The molecule has 1 amide bonds. The van der Waals surface area contributed by atoms with E-state index in [0.717, 1.165) is 41.1 Å². The van der Waals surface area contributed by atoms with E-state index in [1.165, 1.54) is 0 Å². The molecule has 1 unspecified atom stereocenters. The average molecular weight is 442 g/mol. The van der Waals surface area contributed by atoms with Crippen LogP contribution in [0.15, 0.2) is 60.9 Å². The van der Waals surface area contributed by atoms with Crippen LogP contribution in [-0.2, 0) is 4.79 Å². The first kappa shape index (κ1) is 20.9. The monoisotopic (exact) mass is 441 g/mol. The quantitative estimate of drug-likeness (QED) is 0.437. The van der Waals surface area contributed by atoms with Crippen LogP contribution in [0.5, 0.6) is 0 Å². The third kappa shape index (κ3) is 4.00. The molecule has 33 heavy (non-hydrogen) atoms. The van der Waals surface area contributed by atoms with Gasteiger partial charge < -0.3 is 10.2 Å². The van der Waals surface area contributed by atoms with E-state index >= 15 is 0 Å². The molecule has 8 heteroatoms. The molecule has 3 heterocycles. The molecule has 8 nitrogen and oxygen atoms in total. The molecule has 0 spiro atoms. The summed E-state index contributed by atoms with van der Waals surface area (Å²) < 4.78 is 0. The van der Waals surface area contributed by atoms with E-state index in [1.54, 1.807) is 17.3 Å². The molecule has 5 rings (SSSR count). The van der Waals surface area contributed by atoms with Gasteiger partial charge in [0.1, 0.15) is 11.7 Å².